The van der Waals surface area contributed by atoms with Crippen LogP contribution in [0.5, 0.6) is 5.75 Å². The van der Waals surface area contributed by atoms with Crippen molar-refractivity contribution in [3.63, 3.8) is 0 Å². The number of benzene rings is 1. The highest BCUT2D eigenvalue weighted by molar-refractivity contribution is 7.80. The molecule has 0 radical (unpaired) electrons. The predicted molar refractivity (Wildman–Crippen MR) is 108 cm³/mol. The molecule has 1 aromatic rings. The molecule has 4 fully saturated rings. The zero-order valence-electron chi connectivity index (χ0n) is 15.0. The van der Waals surface area contributed by atoms with E-state index in [-0.39, 0.29) is 11.3 Å². The Morgan fingerprint density at radius 3 is 2.42 bits per heavy atom. The van der Waals surface area contributed by atoms with Gasteiger partial charge < -0.3 is 15.4 Å². The van der Waals surface area contributed by atoms with Gasteiger partial charge in [-0.05, 0) is 92.1 Å². The Hall–Kier alpha value is -1.33. The van der Waals surface area contributed by atoms with Gasteiger partial charge in [0.2, 0.25) is 5.91 Å². The van der Waals surface area contributed by atoms with E-state index in [9.17, 15) is 4.79 Å². The number of nitrogens with one attached hydrogen (secondary N) is 2. The molecule has 6 heteroatoms. The van der Waals surface area contributed by atoms with Crippen molar-refractivity contribution in [2.24, 2.45) is 23.2 Å². The van der Waals surface area contributed by atoms with E-state index in [1.807, 2.05) is 0 Å². The summed E-state index contributed by atoms with van der Waals surface area (Å²) in [6.07, 6.45) is 8.39. The Kier molecular flexibility index (Phi) is 4.86. The van der Waals surface area contributed by atoms with E-state index >= 15 is 0 Å². The number of hydrogen-bond acceptors (Lipinski definition) is 3. The first kappa shape index (κ1) is 18.1. The van der Waals surface area contributed by atoms with Gasteiger partial charge in [-0.15, -0.1) is 0 Å². The molecular weight excluding hydrogens is 368 g/mol. The fourth-order valence-electron chi connectivity index (χ4n) is 5.95. The van der Waals surface area contributed by atoms with Crippen molar-refractivity contribution >= 4 is 40.5 Å². The van der Waals surface area contributed by atoms with Crippen molar-refractivity contribution < 1.29 is 9.53 Å². The molecular formula is C20H25ClN2O2S. The Morgan fingerprint density at radius 1 is 1.23 bits per heavy atom. The van der Waals surface area contributed by atoms with Crippen LogP contribution in [0.25, 0.3) is 0 Å². The summed E-state index contributed by atoms with van der Waals surface area (Å²) in [5.74, 6) is 3.18. The summed E-state index contributed by atoms with van der Waals surface area (Å²) in [6, 6.07) is 5.25. The average molecular weight is 393 g/mol. The Balaban J connectivity index is 1.36. The number of rotatable bonds is 4. The summed E-state index contributed by atoms with van der Waals surface area (Å²) >= 11 is 11.4. The van der Waals surface area contributed by atoms with E-state index < -0.39 is 0 Å². The number of anilines is 1. The third kappa shape index (κ3) is 3.70. The number of methoxy groups -OCH3 is 1. The fraction of sp³-hybridized carbons (Fsp3) is 0.600. The molecule has 4 saturated carbocycles. The second-order valence-electron chi connectivity index (χ2n) is 8.44. The summed E-state index contributed by atoms with van der Waals surface area (Å²) in [7, 11) is 1.59. The standard InChI is InChI=1S/C20H25ClN2O2S/c1-25-17-3-2-15(21)7-16(17)22-19(26)23-18(24)11-20-8-12-4-13(9-20)6-14(5-12)10-20/h2-3,7,12-14H,4-6,8-11H2,1H3,(H2,22,23,24,26). The van der Waals surface area contributed by atoms with Crippen LogP contribution in [-0.4, -0.2) is 18.1 Å². The van der Waals surface area contributed by atoms with E-state index in [1.54, 1.807) is 25.3 Å². The van der Waals surface area contributed by atoms with Gasteiger partial charge in [-0.2, -0.15) is 0 Å². The summed E-state index contributed by atoms with van der Waals surface area (Å²) in [5.41, 5.74) is 0.863. The quantitative estimate of drug-likeness (QED) is 0.725. The van der Waals surface area contributed by atoms with Crippen molar-refractivity contribution in [1.29, 1.82) is 0 Å². The molecule has 1 amide bonds. The van der Waals surface area contributed by atoms with Gasteiger partial charge in [0, 0.05) is 11.4 Å². The summed E-state index contributed by atoms with van der Waals surface area (Å²) < 4.78 is 5.30. The normalized spacial score (nSPS) is 31.5. The van der Waals surface area contributed by atoms with Crippen molar-refractivity contribution in [2.45, 2.75) is 44.9 Å². The highest BCUT2D eigenvalue weighted by atomic mass is 35.5. The van der Waals surface area contributed by atoms with Crippen LogP contribution < -0.4 is 15.4 Å². The zero-order chi connectivity index (χ0) is 18.3. The largest absolute Gasteiger partial charge is 0.495 e. The molecule has 4 aliphatic rings. The van der Waals surface area contributed by atoms with Gasteiger partial charge in [0.1, 0.15) is 5.75 Å². The first-order valence-corrected chi connectivity index (χ1v) is 10.2. The first-order chi connectivity index (χ1) is 12.4. The summed E-state index contributed by atoms with van der Waals surface area (Å²) in [6.45, 7) is 0. The molecule has 0 saturated heterocycles. The fourth-order valence-corrected chi connectivity index (χ4v) is 6.35. The van der Waals surface area contributed by atoms with Gasteiger partial charge in [-0.25, -0.2) is 0 Å². The van der Waals surface area contributed by atoms with Gasteiger partial charge in [0.15, 0.2) is 5.11 Å². The number of carbonyl (C=O) groups is 1. The molecule has 0 spiro atoms. The highest BCUT2D eigenvalue weighted by Crippen LogP contribution is 2.61. The maximum absolute atomic E-state index is 12.7. The topological polar surface area (TPSA) is 50.4 Å². The molecule has 140 valence electrons. The first-order valence-electron chi connectivity index (χ1n) is 9.39. The molecule has 4 bridgehead atoms. The minimum absolute atomic E-state index is 0.0189. The number of ether oxygens (including phenoxy) is 1. The molecule has 0 atom stereocenters. The molecule has 26 heavy (non-hydrogen) atoms. The smallest absolute Gasteiger partial charge is 0.226 e. The number of hydrogen-bond donors (Lipinski definition) is 2. The Bertz CT molecular complexity index is 701. The Labute approximate surface area is 165 Å². The second kappa shape index (κ2) is 7.01. The van der Waals surface area contributed by atoms with E-state index in [0.717, 1.165) is 17.8 Å². The van der Waals surface area contributed by atoms with Crippen LogP contribution in [0.15, 0.2) is 18.2 Å². The van der Waals surface area contributed by atoms with E-state index in [2.05, 4.69) is 10.6 Å². The lowest BCUT2D eigenvalue weighted by molar-refractivity contribution is -0.127. The van der Waals surface area contributed by atoms with Crippen molar-refractivity contribution in [2.75, 3.05) is 12.4 Å². The maximum atomic E-state index is 12.7. The minimum atomic E-state index is 0.0189. The molecule has 0 unspecified atom stereocenters. The molecule has 0 aliphatic heterocycles. The summed E-state index contributed by atoms with van der Waals surface area (Å²) in [4.78, 5) is 12.7. The number of halogens is 1. The van der Waals surface area contributed by atoms with E-state index in [4.69, 9.17) is 28.6 Å². The number of amides is 1. The van der Waals surface area contributed by atoms with Crippen LogP contribution in [-0.2, 0) is 4.79 Å². The molecule has 4 nitrogen and oxygen atoms in total. The van der Waals surface area contributed by atoms with E-state index in [1.165, 1.54) is 38.5 Å². The van der Waals surface area contributed by atoms with Crippen LogP contribution >= 0.6 is 23.8 Å². The number of thiocarbonyl (C=S) groups is 1. The molecule has 2 N–H and O–H groups in total. The average Bonchev–Trinajstić information content (AvgIpc) is 2.52. The number of carbonyl (C=O) groups excluding carboxylic acids is 1. The van der Waals surface area contributed by atoms with Crippen LogP contribution in [0.1, 0.15) is 44.9 Å². The lowest BCUT2D eigenvalue weighted by Crippen LogP contribution is -2.48. The van der Waals surface area contributed by atoms with Crippen LogP contribution in [0.3, 0.4) is 0 Å². The monoisotopic (exact) mass is 392 g/mol. The molecule has 0 aromatic heterocycles. The van der Waals surface area contributed by atoms with Gasteiger partial charge in [-0.3, -0.25) is 4.79 Å². The van der Waals surface area contributed by atoms with Crippen LogP contribution in [0.4, 0.5) is 5.69 Å². The zero-order valence-corrected chi connectivity index (χ0v) is 16.6. The SMILES string of the molecule is COc1ccc(Cl)cc1NC(=S)NC(=O)CC12CC3CC(CC(C3)C1)C2. The molecule has 1 aromatic carbocycles. The molecule has 4 aliphatic carbocycles. The predicted octanol–water partition coefficient (Wildman–Crippen LogP) is 4.77. The van der Waals surface area contributed by atoms with Crippen LogP contribution in [0, 0.1) is 23.2 Å². The van der Waals surface area contributed by atoms with Gasteiger partial charge in [-0.1, -0.05) is 11.6 Å². The van der Waals surface area contributed by atoms with E-state index in [0.29, 0.717) is 28.0 Å². The second-order valence-corrected chi connectivity index (χ2v) is 9.29. The van der Waals surface area contributed by atoms with Crippen molar-refractivity contribution in [3.8, 4) is 5.75 Å². The third-order valence-corrected chi connectivity index (χ3v) is 6.80. The molecule has 0 heterocycles. The van der Waals surface area contributed by atoms with Crippen LogP contribution in [0.2, 0.25) is 5.02 Å². The van der Waals surface area contributed by atoms with Gasteiger partial charge in [0.05, 0.1) is 12.8 Å². The van der Waals surface area contributed by atoms with Gasteiger partial charge in [0.25, 0.3) is 0 Å². The van der Waals surface area contributed by atoms with Gasteiger partial charge >= 0.3 is 0 Å². The van der Waals surface area contributed by atoms with Crippen molar-refractivity contribution in [1.82, 2.24) is 5.32 Å². The molecule has 5 rings (SSSR count). The van der Waals surface area contributed by atoms with Crippen molar-refractivity contribution in [3.05, 3.63) is 23.2 Å². The highest BCUT2D eigenvalue weighted by Gasteiger charge is 2.51. The minimum Gasteiger partial charge on any atom is -0.495 e. The lowest BCUT2D eigenvalue weighted by Gasteiger charge is -2.56. The lowest BCUT2D eigenvalue weighted by atomic mass is 9.49. The maximum Gasteiger partial charge on any atom is 0.226 e. The summed E-state index contributed by atoms with van der Waals surface area (Å²) in [5, 5.41) is 6.76. The Morgan fingerprint density at radius 2 is 1.85 bits per heavy atom. The third-order valence-electron chi connectivity index (χ3n) is 6.36.